The van der Waals surface area contributed by atoms with Gasteiger partial charge in [-0.25, -0.2) is 0 Å². The number of nitrogens with one attached hydrogen (secondary N) is 1. The van der Waals surface area contributed by atoms with Crippen LogP contribution in [-0.4, -0.2) is 49.6 Å². The highest BCUT2D eigenvalue weighted by Crippen LogP contribution is 2.23. The molecular formula is C17H18ClNO7S2. The molecule has 0 heterocycles. The third-order valence-electron chi connectivity index (χ3n) is 3.64. The number of alkyl halides is 1. The van der Waals surface area contributed by atoms with Gasteiger partial charge in [0.1, 0.15) is 4.90 Å². The smallest absolute Gasteiger partial charge is 0.295 e. The summed E-state index contributed by atoms with van der Waals surface area (Å²) in [7, 11) is -8.82. The molecule has 0 spiro atoms. The fourth-order valence-corrected chi connectivity index (χ4v) is 3.53. The Morgan fingerprint density at radius 3 is 2.14 bits per heavy atom. The lowest BCUT2D eigenvalue weighted by atomic mass is 10.1. The molecule has 2 aromatic rings. The standard InChI is InChI=1S/C17H18ClNO7S2/c18-10-15(20)11-19-14-6-5-13(17(9-14)28(24,25)26)4-1-12-2-7-16(8-3-12)27(21,22)23/h1-9,15,19-20H,10-11H2,(H,21,22,23)(H,24,25,26). The van der Waals surface area contributed by atoms with Crippen molar-refractivity contribution in [3.8, 4) is 0 Å². The summed E-state index contributed by atoms with van der Waals surface area (Å²) >= 11 is 5.50. The minimum atomic E-state index is -4.52. The zero-order chi connectivity index (χ0) is 20.9. The van der Waals surface area contributed by atoms with Gasteiger partial charge in [0.15, 0.2) is 0 Å². The first-order chi connectivity index (χ1) is 13.0. The lowest BCUT2D eigenvalue weighted by Gasteiger charge is -2.12. The van der Waals surface area contributed by atoms with Gasteiger partial charge >= 0.3 is 0 Å². The van der Waals surface area contributed by atoms with Crippen LogP contribution in [0.1, 0.15) is 11.1 Å². The largest absolute Gasteiger partial charge is 0.390 e. The second-order valence-corrected chi connectivity index (χ2v) is 8.91. The van der Waals surface area contributed by atoms with Gasteiger partial charge in [-0.05, 0) is 35.4 Å². The Labute approximate surface area is 168 Å². The Kier molecular flexibility index (Phi) is 7.21. The number of aliphatic hydroxyl groups is 1. The summed E-state index contributed by atoms with van der Waals surface area (Å²) in [5, 5.41) is 12.3. The lowest BCUT2D eigenvalue weighted by molar-refractivity contribution is 0.211. The third kappa shape index (κ3) is 6.30. The molecule has 4 N–H and O–H groups in total. The number of hydrogen-bond donors (Lipinski definition) is 4. The number of hydrogen-bond acceptors (Lipinski definition) is 6. The van der Waals surface area contributed by atoms with Gasteiger partial charge in [0.05, 0.1) is 16.9 Å². The molecule has 0 saturated heterocycles. The SMILES string of the molecule is O=S(=O)(O)c1ccc(C=Cc2ccc(NCC(O)CCl)cc2S(=O)(=O)O)cc1. The van der Waals surface area contributed by atoms with Crippen LogP contribution < -0.4 is 5.32 Å². The van der Waals surface area contributed by atoms with Gasteiger partial charge in [-0.3, -0.25) is 9.11 Å². The minimum absolute atomic E-state index is 0.00927. The van der Waals surface area contributed by atoms with E-state index < -0.39 is 26.3 Å². The third-order valence-corrected chi connectivity index (χ3v) is 5.78. The summed E-state index contributed by atoms with van der Waals surface area (Å²) in [4.78, 5) is -0.610. The van der Waals surface area contributed by atoms with Crippen LogP contribution in [-0.2, 0) is 20.2 Å². The number of rotatable bonds is 8. The molecule has 0 aliphatic carbocycles. The topological polar surface area (TPSA) is 141 Å². The van der Waals surface area contributed by atoms with Gasteiger partial charge in [-0.1, -0.05) is 30.4 Å². The van der Waals surface area contributed by atoms with Gasteiger partial charge in [0.2, 0.25) is 0 Å². The maximum absolute atomic E-state index is 11.7. The van der Waals surface area contributed by atoms with E-state index in [1.54, 1.807) is 6.07 Å². The molecule has 8 nitrogen and oxygen atoms in total. The van der Waals surface area contributed by atoms with E-state index in [0.29, 0.717) is 11.3 Å². The fraction of sp³-hybridized carbons (Fsp3) is 0.176. The highest BCUT2D eigenvalue weighted by Gasteiger charge is 2.15. The first kappa shape index (κ1) is 22.3. The number of aliphatic hydroxyl groups excluding tert-OH is 1. The van der Waals surface area contributed by atoms with Crippen molar-refractivity contribution in [2.45, 2.75) is 15.9 Å². The molecule has 0 aliphatic rings. The van der Waals surface area contributed by atoms with Crippen LogP contribution in [0.4, 0.5) is 5.69 Å². The Morgan fingerprint density at radius 1 is 0.964 bits per heavy atom. The van der Waals surface area contributed by atoms with E-state index in [1.807, 2.05) is 0 Å². The molecule has 1 atom stereocenters. The molecule has 28 heavy (non-hydrogen) atoms. The Hall–Kier alpha value is -1.95. The highest BCUT2D eigenvalue weighted by atomic mass is 35.5. The molecule has 0 radical (unpaired) electrons. The molecule has 0 fully saturated rings. The van der Waals surface area contributed by atoms with E-state index in [2.05, 4.69) is 5.32 Å². The van der Waals surface area contributed by atoms with Crippen LogP contribution in [0.15, 0.2) is 52.3 Å². The molecule has 0 amide bonds. The van der Waals surface area contributed by atoms with E-state index >= 15 is 0 Å². The van der Waals surface area contributed by atoms with Crippen molar-refractivity contribution in [2.24, 2.45) is 0 Å². The van der Waals surface area contributed by atoms with Gasteiger partial charge < -0.3 is 10.4 Å². The molecule has 2 aromatic carbocycles. The average Bonchev–Trinajstić information content (AvgIpc) is 2.63. The molecule has 0 aliphatic heterocycles. The summed E-state index contributed by atoms with van der Waals surface area (Å²) in [5.74, 6) is 0.00927. The van der Waals surface area contributed by atoms with E-state index in [9.17, 15) is 26.5 Å². The van der Waals surface area contributed by atoms with Crippen molar-refractivity contribution in [2.75, 3.05) is 17.7 Å². The van der Waals surface area contributed by atoms with Crippen LogP contribution in [0.5, 0.6) is 0 Å². The molecule has 0 bridgehead atoms. The summed E-state index contributed by atoms with van der Waals surface area (Å²) in [5.41, 5.74) is 1.11. The summed E-state index contributed by atoms with van der Waals surface area (Å²) in [6.45, 7) is 0.101. The quantitative estimate of drug-likeness (QED) is 0.274. The van der Waals surface area contributed by atoms with E-state index in [0.717, 1.165) is 0 Å². The van der Waals surface area contributed by atoms with E-state index in [4.69, 9.17) is 16.2 Å². The van der Waals surface area contributed by atoms with Crippen molar-refractivity contribution in [1.29, 1.82) is 0 Å². The predicted molar refractivity (Wildman–Crippen MR) is 107 cm³/mol. The molecule has 2 rings (SSSR count). The zero-order valence-electron chi connectivity index (χ0n) is 14.4. The van der Waals surface area contributed by atoms with Crippen molar-refractivity contribution in [3.05, 3.63) is 53.6 Å². The van der Waals surface area contributed by atoms with Crippen molar-refractivity contribution in [3.63, 3.8) is 0 Å². The minimum Gasteiger partial charge on any atom is -0.390 e. The summed E-state index contributed by atoms with van der Waals surface area (Å²) in [6.07, 6.45) is 2.13. The maximum Gasteiger partial charge on any atom is 0.295 e. The van der Waals surface area contributed by atoms with E-state index in [1.165, 1.54) is 48.6 Å². The van der Waals surface area contributed by atoms with Crippen LogP contribution in [0.3, 0.4) is 0 Å². The van der Waals surface area contributed by atoms with Crippen molar-refractivity contribution < 1.29 is 31.0 Å². The van der Waals surface area contributed by atoms with Crippen LogP contribution >= 0.6 is 11.6 Å². The highest BCUT2D eigenvalue weighted by molar-refractivity contribution is 7.86. The molecule has 0 aromatic heterocycles. The van der Waals surface area contributed by atoms with Crippen LogP contribution in [0.2, 0.25) is 0 Å². The van der Waals surface area contributed by atoms with Crippen molar-refractivity contribution in [1.82, 2.24) is 0 Å². The van der Waals surface area contributed by atoms with Crippen LogP contribution in [0.25, 0.3) is 12.2 Å². The van der Waals surface area contributed by atoms with Crippen molar-refractivity contribution >= 4 is 49.7 Å². The second-order valence-electron chi connectivity index (χ2n) is 5.79. The fourth-order valence-electron chi connectivity index (χ4n) is 2.23. The first-order valence-corrected chi connectivity index (χ1v) is 11.3. The van der Waals surface area contributed by atoms with E-state index in [-0.39, 0.29) is 27.8 Å². The van der Waals surface area contributed by atoms with Gasteiger partial charge in [-0.2, -0.15) is 16.8 Å². The molecule has 0 saturated carbocycles. The van der Waals surface area contributed by atoms with Crippen LogP contribution in [0, 0.1) is 0 Å². The summed E-state index contributed by atoms with van der Waals surface area (Å²) < 4.78 is 63.9. The Balaban J connectivity index is 2.30. The average molecular weight is 448 g/mol. The molecule has 152 valence electrons. The lowest BCUT2D eigenvalue weighted by Crippen LogP contribution is -2.20. The first-order valence-electron chi connectivity index (χ1n) is 7.86. The van der Waals surface area contributed by atoms with Gasteiger partial charge in [-0.15, -0.1) is 11.6 Å². The monoisotopic (exact) mass is 447 g/mol. The number of anilines is 1. The number of halogens is 1. The maximum atomic E-state index is 11.7. The zero-order valence-corrected chi connectivity index (χ0v) is 16.7. The Morgan fingerprint density at radius 2 is 1.61 bits per heavy atom. The number of benzene rings is 2. The molecule has 1 unspecified atom stereocenters. The predicted octanol–water partition coefficient (Wildman–Crippen LogP) is 2.36. The summed E-state index contributed by atoms with van der Waals surface area (Å²) in [6, 6.07) is 9.50. The van der Waals surface area contributed by atoms with Gasteiger partial charge in [0.25, 0.3) is 20.2 Å². The second kappa shape index (κ2) is 9.03. The molecular weight excluding hydrogens is 430 g/mol. The Bertz CT molecular complexity index is 1070. The van der Waals surface area contributed by atoms with Gasteiger partial charge in [0, 0.05) is 12.2 Å². The molecule has 11 heteroatoms. The normalized spacial score (nSPS) is 13.6.